The summed E-state index contributed by atoms with van der Waals surface area (Å²) in [4.78, 5) is 12.6. The van der Waals surface area contributed by atoms with Gasteiger partial charge < -0.3 is 15.8 Å². The number of ether oxygens (including phenoxy) is 1. The molecule has 0 aliphatic carbocycles. The number of carbonyl (C=O) groups is 1. The Morgan fingerprint density at radius 3 is 1.93 bits per heavy atom. The number of amides is 1. The van der Waals surface area contributed by atoms with E-state index in [-0.39, 0.29) is 11.8 Å². The average molecular weight is 385 g/mol. The third-order valence-electron chi connectivity index (χ3n) is 4.83. The maximum atomic E-state index is 12.6. The first-order chi connectivity index (χ1) is 12.8. The molecule has 0 spiro atoms. The van der Waals surface area contributed by atoms with Crippen molar-refractivity contribution in [1.29, 1.82) is 0 Å². The molecule has 0 unspecified atom stereocenters. The van der Waals surface area contributed by atoms with E-state index in [1.165, 1.54) is 10.4 Å². The molecule has 1 atom stereocenters. The third-order valence-corrected chi connectivity index (χ3v) is 9.72. The summed E-state index contributed by atoms with van der Waals surface area (Å²) in [6.45, 7) is 8.56. The van der Waals surface area contributed by atoms with Crippen LogP contribution in [0.5, 0.6) is 0 Å². The van der Waals surface area contributed by atoms with Gasteiger partial charge in [-0.1, -0.05) is 77.6 Å². The smallest absolute Gasteiger partial charge is 0.407 e. The van der Waals surface area contributed by atoms with Crippen LogP contribution in [-0.4, -0.2) is 32.0 Å². The molecule has 0 bridgehead atoms. The van der Waals surface area contributed by atoms with E-state index in [0.717, 1.165) is 12.8 Å². The minimum atomic E-state index is -2.27. The molecule has 1 amide bonds. The Kier molecular flexibility index (Phi) is 7.22. The van der Waals surface area contributed by atoms with Crippen LogP contribution in [0.3, 0.4) is 0 Å². The van der Waals surface area contributed by atoms with Crippen LogP contribution in [0.4, 0.5) is 4.79 Å². The lowest BCUT2D eigenvalue weighted by molar-refractivity contribution is 0.0517. The highest BCUT2D eigenvalue weighted by Crippen LogP contribution is 2.17. The molecule has 2 aromatic rings. The van der Waals surface area contributed by atoms with Gasteiger partial charge in [-0.05, 0) is 40.2 Å². The minimum Gasteiger partial charge on any atom is -0.444 e. The van der Waals surface area contributed by atoms with Crippen molar-refractivity contribution in [3.05, 3.63) is 60.7 Å². The van der Waals surface area contributed by atoms with Gasteiger partial charge in [0.25, 0.3) is 0 Å². The van der Waals surface area contributed by atoms with Gasteiger partial charge in [0.05, 0.1) is 0 Å². The number of nitrogens with one attached hydrogen (secondary N) is 1. The van der Waals surface area contributed by atoms with E-state index in [9.17, 15) is 4.79 Å². The molecule has 27 heavy (non-hydrogen) atoms. The van der Waals surface area contributed by atoms with E-state index in [4.69, 9.17) is 10.5 Å². The van der Waals surface area contributed by atoms with Crippen molar-refractivity contribution >= 4 is 24.5 Å². The van der Waals surface area contributed by atoms with Crippen LogP contribution in [0.15, 0.2) is 60.7 Å². The van der Waals surface area contributed by atoms with E-state index in [0.29, 0.717) is 6.54 Å². The Morgan fingerprint density at radius 1 is 1.04 bits per heavy atom. The molecule has 0 heterocycles. The molecule has 0 aliphatic rings. The molecular formula is C22H32N2O2Si. The number of hydrogen-bond acceptors (Lipinski definition) is 3. The molecule has 4 nitrogen and oxygen atoms in total. The van der Waals surface area contributed by atoms with Crippen LogP contribution >= 0.6 is 0 Å². The predicted molar refractivity (Wildman–Crippen MR) is 115 cm³/mol. The van der Waals surface area contributed by atoms with Gasteiger partial charge in [0.2, 0.25) is 0 Å². The average Bonchev–Trinajstić information content (AvgIpc) is 2.64. The zero-order chi connectivity index (χ0) is 19.9. The quantitative estimate of drug-likeness (QED) is 0.721. The highest BCUT2D eigenvalue weighted by Gasteiger charge is 2.41. The van der Waals surface area contributed by atoms with Gasteiger partial charge in [-0.2, -0.15) is 0 Å². The summed E-state index contributed by atoms with van der Waals surface area (Å²) in [7, 11) is -2.27. The van der Waals surface area contributed by atoms with Gasteiger partial charge in [-0.25, -0.2) is 4.79 Å². The highest BCUT2D eigenvalue weighted by molar-refractivity contribution is 7.02. The van der Waals surface area contributed by atoms with Crippen molar-refractivity contribution in [2.75, 3.05) is 6.54 Å². The Morgan fingerprint density at radius 2 is 1.52 bits per heavy atom. The van der Waals surface area contributed by atoms with Gasteiger partial charge in [-0.15, -0.1) is 0 Å². The summed E-state index contributed by atoms with van der Waals surface area (Å²) >= 11 is 0. The van der Waals surface area contributed by atoms with Crippen LogP contribution in [0.2, 0.25) is 6.55 Å². The first-order valence-corrected chi connectivity index (χ1v) is 12.2. The van der Waals surface area contributed by atoms with E-state index in [1.807, 2.05) is 32.9 Å². The fourth-order valence-electron chi connectivity index (χ4n) is 3.41. The minimum absolute atomic E-state index is 0.0132. The van der Waals surface area contributed by atoms with E-state index < -0.39 is 13.7 Å². The molecule has 5 heteroatoms. The van der Waals surface area contributed by atoms with Crippen molar-refractivity contribution in [3.63, 3.8) is 0 Å². The molecule has 3 N–H and O–H groups in total. The van der Waals surface area contributed by atoms with Crippen LogP contribution in [0.25, 0.3) is 0 Å². The Bertz CT molecular complexity index is 675. The summed E-state index contributed by atoms with van der Waals surface area (Å²) in [5, 5.41) is 5.76. The molecule has 0 saturated heterocycles. The second-order valence-electron chi connectivity index (χ2n) is 8.06. The van der Waals surface area contributed by atoms with E-state index in [1.54, 1.807) is 0 Å². The summed E-state index contributed by atoms with van der Waals surface area (Å²) in [5.41, 5.74) is 5.26. The van der Waals surface area contributed by atoms with Gasteiger partial charge in [-0.3, -0.25) is 0 Å². The zero-order valence-corrected chi connectivity index (χ0v) is 17.9. The van der Waals surface area contributed by atoms with Crippen molar-refractivity contribution < 1.29 is 9.53 Å². The summed E-state index contributed by atoms with van der Waals surface area (Å²) in [6, 6.07) is 21.0. The lowest BCUT2D eigenvalue weighted by Gasteiger charge is -2.38. The number of benzene rings is 2. The van der Waals surface area contributed by atoms with Crippen molar-refractivity contribution in [2.45, 2.75) is 51.4 Å². The summed E-state index contributed by atoms with van der Waals surface area (Å²) in [5.74, 6) is 0. The van der Waals surface area contributed by atoms with Gasteiger partial charge >= 0.3 is 6.09 Å². The fraction of sp³-hybridized carbons (Fsp3) is 0.409. The van der Waals surface area contributed by atoms with Crippen molar-refractivity contribution in [1.82, 2.24) is 5.32 Å². The molecule has 146 valence electrons. The molecule has 2 rings (SSSR count). The normalized spacial score (nSPS) is 13.1. The monoisotopic (exact) mass is 384 g/mol. The van der Waals surface area contributed by atoms with Crippen LogP contribution < -0.4 is 21.4 Å². The molecule has 0 radical (unpaired) electrons. The van der Waals surface area contributed by atoms with Crippen LogP contribution in [0.1, 0.15) is 33.6 Å². The third kappa shape index (κ3) is 5.68. The van der Waals surface area contributed by atoms with Crippen molar-refractivity contribution in [3.8, 4) is 0 Å². The van der Waals surface area contributed by atoms with Crippen LogP contribution in [-0.2, 0) is 4.74 Å². The number of rotatable bonds is 7. The van der Waals surface area contributed by atoms with Gasteiger partial charge in [0, 0.05) is 5.67 Å². The predicted octanol–water partition coefficient (Wildman–Crippen LogP) is 3.05. The van der Waals surface area contributed by atoms with Crippen molar-refractivity contribution in [2.24, 2.45) is 5.73 Å². The molecule has 2 aromatic carbocycles. The molecule has 0 aromatic heterocycles. The SMILES string of the molecule is CC(C)(C)OC(=O)N[C@@H](CCCN)[Si](C)(c1ccccc1)c1ccccc1. The Balaban J connectivity index is 2.45. The molecule has 0 fully saturated rings. The maximum Gasteiger partial charge on any atom is 0.407 e. The molecular weight excluding hydrogens is 352 g/mol. The van der Waals surface area contributed by atoms with Crippen LogP contribution in [0, 0.1) is 0 Å². The Hall–Kier alpha value is -2.11. The first-order valence-electron chi connectivity index (χ1n) is 9.58. The van der Waals surface area contributed by atoms with E-state index >= 15 is 0 Å². The zero-order valence-electron chi connectivity index (χ0n) is 16.9. The summed E-state index contributed by atoms with van der Waals surface area (Å²) < 4.78 is 5.56. The largest absolute Gasteiger partial charge is 0.444 e. The number of carbonyl (C=O) groups excluding carboxylic acids is 1. The van der Waals surface area contributed by atoms with Gasteiger partial charge in [0.15, 0.2) is 0 Å². The number of nitrogens with two attached hydrogens (primary N) is 1. The second kappa shape index (κ2) is 9.20. The standard InChI is InChI=1S/C22H32N2O2Si/c1-22(2,3)26-21(25)24-20(16-11-17-23)27(4,18-12-7-5-8-13-18)19-14-9-6-10-15-19/h5-10,12-15,20H,11,16-17,23H2,1-4H3,(H,24,25)/t20-/m1/s1. The number of hydrogen-bond donors (Lipinski definition) is 2. The number of alkyl carbamates (subject to hydrolysis) is 1. The Labute approximate surface area is 164 Å². The second-order valence-corrected chi connectivity index (χ2v) is 12.3. The molecule has 0 aliphatic heterocycles. The summed E-state index contributed by atoms with van der Waals surface area (Å²) in [6.07, 6.45) is 1.31. The lowest BCUT2D eigenvalue weighted by Crippen LogP contribution is -2.69. The highest BCUT2D eigenvalue weighted by atomic mass is 28.3. The topological polar surface area (TPSA) is 64.3 Å². The van der Waals surface area contributed by atoms with Gasteiger partial charge in [0.1, 0.15) is 13.7 Å². The van der Waals surface area contributed by atoms with E-state index in [2.05, 4.69) is 60.4 Å². The lowest BCUT2D eigenvalue weighted by atomic mass is 10.2. The maximum absolute atomic E-state index is 12.6. The first kappa shape index (κ1) is 21.2. The fourth-order valence-corrected chi connectivity index (χ4v) is 7.51. The molecule has 0 saturated carbocycles.